The fourth-order valence-corrected chi connectivity index (χ4v) is 0.802. The van der Waals surface area contributed by atoms with Gasteiger partial charge in [-0.25, -0.2) is 0 Å². The second-order valence-corrected chi connectivity index (χ2v) is 2.13. The van der Waals surface area contributed by atoms with E-state index in [0.29, 0.717) is 0 Å². The Labute approximate surface area is 55.0 Å². The van der Waals surface area contributed by atoms with Gasteiger partial charge in [0.05, 0.1) is 0 Å². The first kappa shape index (κ1) is 6.30. The fourth-order valence-electron chi connectivity index (χ4n) is 0.802. The Kier molecular flexibility index (Phi) is 1.85. The van der Waals surface area contributed by atoms with E-state index in [2.05, 4.69) is 0 Å². The molecule has 1 nitrogen and oxygen atoms in total. The zero-order chi connectivity index (χ0) is 6.69. The molecule has 9 heavy (non-hydrogen) atoms. The van der Waals surface area contributed by atoms with E-state index in [1.165, 1.54) is 0 Å². The van der Waals surface area contributed by atoms with E-state index < -0.39 is 0 Å². The quantitative estimate of drug-likeness (QED) is 0.540. The third-order valence-corrected chi connectivity index (χ3v) is 1.25. The molecule has 0 aliphatic rings. The summed E-state index contributed by atoms with van der Waals surface area (Å²) in [6, 6.07) is 7.65. The van der Waals surface area contributed by atoms with Crippen molar-refractivity contribution >= 4 is 0 Å². The summed E-state index contributed by atoms with van der Waals surface area (Å²) in [5.74, 6) is 0. The average Bonchev–Trinajstić information content (AvgIpc) is 1.88. The van der Waals surface area contributed by atoms with Crippen LogP contribution in [-0.4, -0.2) is 0 Å². The van der Waals surface area contributed by atoms with Crippen LogP contribution in [0.3, 0.4) is 0 Å². The predicted molar refractivity (Wildman–Crippen MR) is 34.9 cm³/mol. The number of benzene rings is 1. The maximum atomic E-state index is 10.3. The molecule has 0 fully saturated rings. The zero-order valence-electron chi connectivity index (χ0n) is 5.42. The average molecular weight is 121 g/mol. The molecule has 0 N–H and O–H groups in total. The van der Waals surface area contributed by atoms with E-state index in [1.807, 2.05) is 31.2 Å². The van der Waals surface area contributed by atoms with Crippen molar-refractivity contribution in [2.24, 2.45) is 0 Å². The van der Waals surface area contributed by atoms with E-state index in [-0.39, 0.29) is 6.61 Å². The van der Waals surface area contributed by atoms with Crippen molar-refractivity contribution in [3.8, 4) is 0 Å². The molecule has 0 heterocycles. The summed E-state index contributed by atoms with van der Waals surface area (Å²) in [7, 11) is 0. The van der Waals surface area contributed by atoms with E-state index in [9.17, 15) is 5.11 Å². The van der Waals surface area contributed by atoms with Crippen LogP contribution in [0.1, 0.15) is 11.1 Å². The van der Waals surface area contributed by atoms with E-state index in [4.69, 9.17) is 0 Å². The van der Waals surface area contributed by atoms with Gasteiger partial charge in [-0.3, -0.25) is 0 Å². The molecule has 48 valence electrons. The van der Waals surface area contributed by atoms with Gasteiger partial charge in [-0.1, -0.05) is 35.4 Å². The molecule has 0 bridgehead atoms. The highest BCUT2D eigenvalue weighted by atomic mass is 16.3. The normalized spacial score (nSPS) is 9.56. The van der Waals surface area contributed by atoms with Crippen LogP contribution in [0.2, 0.25) is 0 Å². The number of rotatable bonds is 1. The van der Waals surface area contributed by atoms with E-state index >= 15 is 0 Å². The van der Waals surface area contributed by atoms with Crippen LogP contribution < -0.4 is 5.11 Å². The van der Waals surface area contributed by atoms with Crippen LogP contribution >= 0.6 is 0 Å². The molecule has 0 aliphatic heterocycles. The second kappa shape index (κ2) is 2.65. The number of hydrogen-bond donors (Lipinski definition) is 0. The number of aryl methyl sites for hydroxylation is 1. The summed E-state index contributed by atoms with van der Waals surface area (Å²) in [5, 5.41) is 10.3. The maximum Gasteiger partial charge on any atom is -0.0398 e. The first-order valence-electron chi connectivity index (χ1n) is 2.96. The van der Waals surface area contributed by atoms with Crippen LogP contribution in [0.15, 0.2) is 24.3 Å². The van der Waals surface area contributed by atoms with E-state index in [0.717, 1.165) is 11.1 Å². The van der Waals surface area contributed by atoms with Gasteiger partial charge in [0.1, 0.15) is 0 Å². The fraction of sp³-hybridized carbons (Fsp3) is 0.250. The summed E-state index contributed by atoms with van der Waals surface area (Å²) in [4.78, 5) is 0. The molecule has 0 aromatic heterocycles. The first-order valence-corrected chi connectivity index (χ1v) is 2.96. The van der Waals surface area contributed by atoms with Crippen molar-refractivity contribution in [3.05, 3.63) is 35.4 Å². The minimum absolute atomic E-state index is 0.109. The molecular weight excluding hydrogens is 112 g/mol. The lowest BCUT2D eigenvalue weighted by Gasteiger charge is -2.03. The molecule has 0 saturated heterocycles. The lowest BCUT2D eigenvalue weighted by atomic mass is 10.1. The molecule has 1 aromatic carbocycles. The Morgan fingerprint density at radius 1 is 1.44 bits per heavy atom. The first-order chi connectivity index (χ1) is 4.33. The van der Waals surface area contributed by atoms with E-state index in [1.54, 1.807) is 0 Å². The van der Waals surface area contributed by atoms with Crippen molar-refractivity contribution in [2.45, 2.75) is 13.5 Å². The van der Waals surface area contributed by atoms with Crippen molar-refractivity contribution < 1.29 is 5.11 Å². The van der Waals surface area contributed by atoms with Gasteiger partial charge in [0.15, 0.2) is 0 Å². The largest absolute Gasteiger partial charge is 0.851 e. The minimum atomic E-state index is -0.109. The molecular formula is C8H9O-. The van der Waals surface area contributed by atoms with Crippen molar-refractivity contribution in [3.63, 3.8) is 0 Å². The van der Waals surface area contributed by atoms with Gasteiger partial charge < -0.3 is 5.11 Å². The molecule has 0 amide bonds. The Morgan fingerprint density at radius 2 is 2.22 bits per heavy atom. The van der Waals surface area contributed by atoms with Gasteiger partial charge in [-0.15, -0.1) is 6.61 Å². The highest BCUT2D eigenvalue weighted by Gasteiger charge is 1.82. The SMILES string of the molecule is Cc1cccc(C[O-])c1. The Morgan fingerprint density at radius 3 is 2.67 bits per heavy atom. The van der Waals surface area contributed by atoms with Gasteiger partial charge in [0.2, 0.25) is 0 Å². The zero-order valence-corrected chi connectivity index (χ0v) is 5.42. The van der Waals surface area contributed by atoms with Gasteiger partial charge in [0.25, 0.3) is 0 Å². The Bertz CT molecular complexity index is 194. The van der Waals surface area contributed by atoms with Crippen molar-refractivity contribution in [1.29, 1.82) is 0 Å². The van der Waals surface area contributed by atoms with Gasteiger partial charge >= 0.3 is 0 Å². The topological polar surface area (TPSA) is 23.1 Å². The Hall–Kier alpha value is -0.820. The lowest BCUT2D eigenvalue weighted by Crippen LogP contribution is -2.01. The summed E-state index contributed by atoms with van der Waals surface area (Å²) < 4.78 is 0. The Balaban J connectivity index is 2.94. The smallest absolute Gasteiger partial charge is 0.0398 e. The second-order valence-electron chi connectivity index (χ2n) is 2.13. The van der Waals surface area contributed by atoms with Crippen molar-refractivity contribution in [2.75, 3.05) is 0 Å². The summed E-state index contributed by atoms with van der Waals surface area (Å²) in [6.07, 6.45) is 0. The summed E-state index contributed by atoms with van der Waals surface area (Å²) in [5.41, 5.74) is 2.03. The van der Waals surface area contributed by atoms with Gasteiger partial charge in [-0.2, -0.15) is 0 Å². The third kappa shape index (κ3) is 1.54. The van der Waals surface area contributed by atoms with Crippen molar-refractivity contribution in [1.82, 2.24) is 0 Å². The standard InChI is InChI=1S/C8H9O/c1-7-3-2-4-8(5-7)6-9/h2-5H,6H2,1H3/q-1. The highest BCUT2D eigenvalue weighted by Crippen LogP contribution is 2.01. The lowest BCUT2D eigenvalue weighted by molar-refractivity contribution is -0.386. The molecule has 1 rings (SSSR count). The van der Waals surface area contributed by atoms with Gasteiger partial charge in [-0.05, 0) is 6.92 Å². The third-order valence-electron chi connectivity index (χ3n) is 1.25. The molecule has 1 aromatic rings. The predicted octanol–water partition coefficient (Wildman–Crippen LogP) is 0.855. The summed E-state index contributed by atoms with van der Waals surface area (Å²) in [6.45, 7) is 1.88. The maximum absolute atomic E-state index is 10.3. The number of hydrogen-bond acceptors (Lipinski definition) is 1. The van der Waals surface area contributed by atoms with Gasteiger partial charge in [0, 0.05) is 0 Å². The molecule has 0 radical (unpaired) electrons. The van der Waals surface area contributed by atoms with Crippen LogP contribution in [0, 0.1) is 6.92 Å². The van der Waals surface area contributed by atoms with Crippen LogP contribution in [0.4, 0.5) is 0 Å². The monoisotopic (exact) mass is 121 g/mol. The summed E-state index contributed by atoms with van der Waals surface area (Å²) >= 11 is 0. The van der Waals surface area contributed by atoms with Crippen LogP contribution in [0.25, 0.3) is 0 Å². The molecule has 1 heteroatoms. The highest BCUT2D eigenvalue weighted by molar-refractivity contribution is 5.20. The van der Waals surface area contributed by atoms with Crippen LogP contribution in [-0.2, 0) is 6.61 Å². The molecule has 0 atom stereocenters. The minimum Gasteiger partial charge on any atom is -0.851 e. The molecule has 0 spiro atoms. The molecule has 0 unspecified atom stereocenters. The molecule has 0 saturated carbocycles. The van der Waals surface area contributed by atoms with Crippen LogP contribution in [0.5, 0.6) is 0 Å². The molecule has 0 aliphatic carbocycles.